The molecule has 3 rings (SSSR count). The standard InChI is InChI=1S/C19H19ClN2O2/c1-4-18(23)21-15-10-13(5-7-14(15)20)19-22-16-9-12(11(2)3)6-8-17(16)24-19/h5-11H,4H2,1-3H3,(H,21,23). The Morgan fingerprint density at radius 1 is 1.25 bits per heavy atom. The van der Waals surface area contributed by atoms with Crippen LogP contribution < -0.4 is 5.32 Å². The largest absolute Gasteiger partial charge is 0.436 e. The first-order valence-corrected chi connectivity index (χ1v) is 8.36. The van der Waals surface area contributed by atoms with Crippen LogP contribution in [0.2, 0.25) is 5.02 Å². The molecule has 0 spiro atoms. The zero-order chi connectivity index (χ0) is 17.3. The molecule has 1 heterocycles. The summed E-state index contributed by atoms with van der Waals surface area (Å²) in [7, 11) is 0. The van der Waals surface area contributed by atoms with Gasteiger partial charge in [0.15, 0.2) is 5.58 Å². The van der Waals surface area contributed by atoms with E-state index in [1.165, 1.54) is 5.56 Å². The number of hydrogen-bond acceptors (Lipinski definition) is 3. The van der Waals surface area contributed by atoms with E-state index in [9.17, 15) is 4.79 Å². The lowest BCUT2D eigenvalue weighted by molar-refractivity contribution is -0.115. The summed E-state index contributed by atoms with van der Waals surface area (Å²) in [4.78, 5) is 16.2. The van der Waals surface area contributed by atoms with Gasteiger partial charge in [0.2, 0.25) is 11.8 Å². The molecule has 4 nitrogen and oxygen atoms in total. The fraction of sp³-hybridized carbons (Fsp3) is 0.263. The molecule has 124 valence electrons. The van der Waals surface area contributed by atoms with Crippen molar-refractivity contribution in [3.8, 4) is 11.5 Å². The van der Waals surface area contributed by atoms with Crippen molar-refractivity contribution in [2.24, 2.45) is 0 Å². The highest BCUT2D eigenvalue weighted by molar-refractivity contribution is 6.33. The first kappa shape index (κ1) is 16.5. The van der Waals surface area contributed by atoms with Crippen LogP contribution in [0.1, 0.15) is 38.7 Å². The second-order valence-corrected chi connectivity index (χ2v) is 6.40. The predicted octanol–water partition coefficient (Wildman–Crippen LogP) is 5.62. The Hall–Kier alpha value is -2.33. The number of oxazole rings is 1. The molecule has 0 bridgehead atoms. The van der Waals surface area contributed by atoms with E-state index >= 15 is 0 Å². The van der Waals surface area contributed by atoms with E-state index in [0.717, 1.165) is 16.7 Å². The lowest BCUT2D eigenvalue weighted by Gasteiger charge is -2.07. The second-order valence-electron chi connectivity index (χ2n) is 6.00. The molecule has 0 fully saturated rings. The summed E-state index contributed by atoms with van der Waals surface area (Å²) < 4.78 is 5.85. The quantitative estimate of drug-likeness (QED) is 0.669. The number of benzene rings is 2. The van der Waals surface area contributed by atoms with Gasteiger partial charge in [-0.15, -0.1) is 0 Å². The van der Waals surface area contributed by atoms with Gasteiger partial charge in [-0.25, -0.2) is 4.98 Å². The molecule has 1 aromatic heterocycles. The number of anilines is 1. The highest BCUT2D eigenvalue weighted by atomic mass is 35.5. The van der Waals surface area contributed by atoms with E-state index in [-0.39, 0.29) is 5.91 Å². The van der Waals surface area contributed by atoms with Crippen molar-refractivity contribution in [1.82, 2.24) is 4.98 Å². The Bertz CT molecular complexity index is 900. The van der Waals surface area contributed by atoms with Crippen molar-refractivity contribution in [2.75, 3.05) is 5.32 Å². The lowest BCUT2D eigenvalue weighted by Crippen LogP contribution is -2.09. The number of carbonyl (C=O) groups excluding carboxylic acids is 1. The maximum Gasteiger partial charge on any atom is 0.227 e. The summed E-state index contributed by atoms with van der Waals surface area (Å²) in [5.74, 6) is 0.851. The van der Waals surface area contributed by atoms with Gasteiger partial charge in [-0.1, -0.05) is 38.4 Å². The van der Waals surface area contributed by atoms with Crippen molar-refractivity contribution in [2.45, 2.75) is 33.1 Å². The SMILES string of the molecule is CCC(=O)Nc1cc(-c2nc3cc(C(C)C)ccc3o2)ccc1Cl. The van der Waals surface area contributed by atoms with Gasteiger partial charge in [-0.2, -0.15) is 0 Å². The van der Waals surface area contributed by atoms with Crippen molar-refractivity contribution < 1.29 is 9.21 Å². The van der Waals surface area contributed by atoms with Gasteiger partial charge in [0.05, 0.1) is 10.7 Å². The second kappa shape index (κ2) is 6.65. The molecule has 0 atom stereocenters. The zero-order valence-corrected chi connectivity index (χ0v) is 14.6. The van der Waals surface area contributed by atoms with Crippen molar-refractivity contribution >= 4 is 34.3 Å². The summed E-state index contributed by atoms with van der Waals surface area (Å²) >= 11 is 6.15. The first-order chi connectivity index (χ1) is 11.5. The van der Waals surface area contributed by atoms with Crippen LogP contribution in [0.15, 0.2) is 40.8 Å². The Labute approximate surface area is 145 Å². The van der Waals surface area contributed by atoms with Crippen molar-refractivity contribution in [3.63, 3.8) is 0 Å². The van der Waals surface area contributed by atoms with E-state index < -0.39 is 0 Å². The Balaban J connectivity index is 2.00. The Morgan fingerprint density at radius 3 is 2.75 bits per heavy atom. The molecule has 1 amide bonds. The van der Waals surface area contributed by atoms with Crippen LogP contribution in [0.3, 0.4) is 0 Å². The minimum absolute atomic E-state index is 0.0896. The number of fused-ring (bicyclic) bond motifs is 1. The summed E-state index contributed by atoms with van der Waals surface area (Å²) in [5.41, 5.74) is 4.11. The minimum atomic E-state index is -0.0896. The normalized spacial score (nSPS) is 11.2. The number of hydrogen-bond donors (Lipinski definition) is 1. The third-order valence-electron chi connectivity index (χ3n) is 3.89. The van der Waals surface area contributed by atoms with Gasteiger partial charge in [0, 0.05) is 12.0 Å². The number of nitrogens with zero attached hydrogens (tertiary/aromatic N) is 1. The number of nitrogens with one attached hydrogen (secondary N) is 1. The van der Waals surface area contributed by atoms with Gasteiger partial charge in [0.1, 0.15) is 5.52 Å². The number of amides is 1. The van der Waals surface area contributed by atoms with Crippen LogP contribution in [0, 0.1) is 0 Å². The molecule has 0 saturated carbocycles. The van der Waals surface area contributed by atoms with Crippen LogP contribution in [0.25, 0.3) is 22.6 Å². The molecule has 0 unspecified atom stereocenters. The molecule has 0 radical (unpaired) electrons. The maximum absolute atomic E-state index is 11.6. The van der Waals surface area contributed by atoms with E-state index in [1.54, 1.807) is 19.1 Å². The smallest absolute Gasteiger partial charge is 0.227 e. The van der Waals surface area contributed by atoms with Crippen molar-refractivity contribution in [1.29, 1.82) is 0 Å². The predicted molar refractivity (Wildman–Crippen MR) is 97.5 cm³/mol. The molecule has 2 aromatic carbocycles. The highest BCUT2D eigenvalue weighted by Crippen LogP contribution is 2.31. The summed E-state index contributed by atoms with van der Waals surface area (Å²) in [6.07, 6.45) is 0.390. The fourth-order valence-corrected chi connectivity index (χ4v) is 2.58. The molecule has 0 aliphatic rings. The van der Waals surface area contributed by atoms with E-state index in [0.29, 0.717) is 28.9 Å². The summed E-state index contributed by atoms with van der Waals surface area (Å²) in [5, 5.41) is 3.27. The van der Waals surface area contributed by atoms with Gasteiger partial charge < -0.3 is 9.73 Å². The Morgan fingerprint density at radius 2 is 2.04 bits per heavy atom. The molecule has 0 aliphatic heterocycles. The number of carbonyl (C=O) groups is 1. The third-order valence-corrected chi connectivity index (χ3v) is 4.22. The van der Waals surface area contributed by atoms with Crippen LogP contribution in [-0.2, 0) is 4.79 Å². The van der Waals surface area contributed by atoms with Crippen LogP contribution >= 0.6 is 11.6 Å². The average molecular weight is 343 g/mol. The molecular weight excluding hydrogens is 324 g/mol. The average Bonchev–Trinajstić information content (AvgIpc) is 2.99. The van der Waals surface area contributed by atoms with E-state index in [2.05, 4.69) is 30.2 Å². The molecule has 0 aliphatic carbocycles. The van der Waals surface area contributed by atoms with Crippen LogP contribution in [0.4, 0.5) is 5.69 Å². The molecule has 1 N–H and O–H groups in total. The van der Waals surface area contributed by atoms with Gasteiger partial charge >= 0.3 is 0 Å². The molecule has 0 saturated heterocycles. The van der Waals surface area contributed by atoms with Gasteiger partial charge in [0.25, 0.3) is 0 Å². The van der Waals surface area contributed by atoms with Crippen molar-refractivity contribution in [3.05, 3.63) is 47.0 Å². The Kier molecular flexibility index (Phi) is 4.58. The zero-order valence-electron chi connectivity index (χ0n) is 13.9. The summed E-state index contributed by atoms with van der Waals surface area (Å²) in [6, 6.07) is 11.4. The monoisotopic (exact) mass is 342 g/mol. The third kappa shape index (κ3) is 3.29. The molecule has 24 heavy (non-hydrogen) atoms. The first-order valence-electron chi connectivity index (χ1n) is 7.98. The minimum Gasteiger partial charge on any atom is -0.436 e. The topological polar surface area (TPSA) is 55.1 Å². The number of rotatable bonds is 4. The lowest BCUT2D eigenvalue weighted by atomic mass is 10.0. The maximum atomic E-state index is 11.6. The number of halogens is 1. The van der Waals surface area contributed by atoms with Gasteiger partial charge in [-0.05, 0) is 41.8 Å². The summed E-state index contributed by atoms with van der Waals surface area (Å²) in [6.45, 7) is 6.08. The fourth-order valence-electron chi connectivity index (χ4n) is 2.42. The van der Waals surface area contributed by atoms with Crippen LogP contribution in [0.5, 0.6) is 0 Å². The molecule has 5 heteroatoms. The number of aromatic nitrogens is 1. The van der Waals surface area contributed by atoms with Crippen LogP contribution in [-0.4, -0.2) is 10.9 Å². The molecule has 3 aromatic rings. The van der Waals surface area contributed by atoms with E-state index in [4.69, 9.17) is 16.0 Å². The highest BCUT2D eigenvalue weighted by Gasteiger charge is 2.12. The van der Waals surface area contributed by atoms with Gasteiger partial charge in [-0.3, -0.25) is 4.79 Å². The molecular formula is C19H19ClN2O2. The van der Waals surface area contributed by atoms with E-state index in [1.807, 2.05) is 18.2 Å².